The van der Waals surface area contributed by atoms with Crippen LogP contribution < -0.4 is 20.1 Å². The lowest BCUT2D eigenvalue weighted by Gasteiger charge is -2.09. The van der Waals surface area contributed by atoms with Gasteiger partial charge >= 0.3 is 0 Å². The van der Waals surface area contributed by atoms with Crippen molar-refractivity contribution in [1.29, 1.82) is 0 Å². The Bertz CT molecular complexity index is 850. The molecule has 0 aliphatic heterocycles. The van der Waals surface area contributed by atoms with Crippen molar-refractivity contribution in [3.8, 4) is 11.5 Å². The highest BCUT2D eigenvalue weighted by Gasteiger charge is 2.05. The van der Waals surface area contributed by atoms with E-state index in [9.17, 15) is 4.79 Å². The summed E-state index contributed by atoms with van der Waals surface area (Å²) in [5.41, 5.74) is 2.00. The van der Waals surface area contributed by atoms with E-state index in [4.69, 9.17) is 9.47 Å². The lowest BCUT2D eigenvalue weighted by Crippen LogP contribution is -2.20. The van der Waals surface area contributed by atoms with Crippen molar-refractivity contribution in [3.05, 3.63) is 78.5 Å². The minimum absolute atomic E-state index is 0.0663. The molecule has 0 saturated heterocycles. The van der Waals surface area contributed by atoms with Gasteiger partial charge in [-0.15, -0.1) is 0 Å². The maximum atomic E-state index is 11.9. The molecule has 0 atom stereocenters. The highest BCUT2D eigenvalue weighted by atomic mass is 16.5. The molecule has 0 bridgehead atoms. The van der Waals surface area contributed by atoms with Gasteiger partial charge < -0.3 is 20.1 Å². The van der Waals surface area contributed by atoms with Crippen LogP contribution in [-0.2, 0) is 11.3 Å². The number of carbonyl (C=O) groups excluding carboxylic acids is 1. The molecule has 0 spiro atoms. The predicted octanol–water partition coefficient (Wildman–Crippen LogP) is 3.72. The van der Waals surface area contributed by atoms with E-state index in [1.807, 2.05) is 48.5 Å². The summed E-state index contributed by atoms with van der Waals surface area (Å²) in [6, 6.07) is 20.7. The highest BCUT2D eigenvalue weighted by molar-refractivity contribution is 5.91. The summed E-state index contributed by atoms with van der Waals surface area (Å²) in [7, 11) is 1.65. The highest BCUT2D eigenvalue weighted by Crippen LogP contribution is 2.14. The predicted molar refractivity (Wildman–Crippen MR) is 105 cm³/mol. The average Bonchev–Trinajstić information content (AvgIpc) is 2.73. The molecule has 1 heterocycles. The normalized spacial score (nSPS) is 10.1. The zero-order chi connectivity index (χ0) is 18.9. The molecule has 6 heteroatoms. The van der Waals surface area contributed by atoms with Crippen LogP contribution in [-0.4, -0.2) is 24.6 Å². The second kappa shape index (κ2) is 9.24. The number of amides is 1. The van der Waals surface area contributed by atoms with Crippen molar-refractivity contribution in [3.63, 3.8) is 0 Å². The molecule has 1 amide bonds. The van der Waals surface area contributed by atoms with E-state index in [1.54, 1.807) is 31.5 Å². The number of nitrogens with zero attached hydrogens (tertiary/aromatic N) is 1. The van der Waals surface area contributed by atoms with Crippen LogP contribution in [0.2, 0.25) is 0 Å². The quantitative estimate of drug-likeness (QED) is 0.638. The first kappa shape index (κ1) is 18.3. The van der Waals surface area contributed by atoms with E-state index in [2.05, 4.69) is 15.6 Å². The molecular formula is C21H21N3O3. The van der Waals surface area contributed by atoms with Gasteiger partial charge in [0, 0.05) is 6.54 Å². The van der Waals surface area contributed by atoms with E-state index in [0.29, 0.717) is 18.1 Å². The fourth-order valence-electron chi connectivity index (χ4n) is 2.36. The van der Waals surface area contributed by atoms with Gasteiger partial charge in [-0.2, -0.15) is 0 Å². The zero-order valence-electron chi connectivity index (χ0n) is 15.0. The Morgan fingerprint density at radius 1 is 0.963 bits per heavy atom. The number of aromatic nitrogens is 1. The topological polar surface area (TPSA) is 72.5 Å². The van der Waals surface area contributed by atoms with Crippen LogP contribution in [0.15, 0.2) is 72.9 Å². The Balaban J connectivity index is 1.45. The molecule has 3 aromatic rings. The largest absolute Gasteiger partial charge is 0.497 e. The van der Waals surface area contributed by atoms with Crippen molar-refractivity contribution in [1.82, 2.24) is 4.98 Å². The minimum atomic E-state index is -0.259. The zero-order valence-corrected chi connectivity index (χ0v) is 15.0. The molecule has 0 radical (unpaired) electrons. The molecule has 0 aliphatic carbocycles. The first-order chi connectivity index (χ1) is 13.2. The summed E-state index contributed by atoms with van der Waals surface area (Å²) < 4.78 is 10.6. The maximum Gasteiger partial charge on any atom is 0.263 e. The molecule has 0 saturated carbocycles. The Morgan fingerprint density at radius 2 is 1.74 bits per heavy atom. The van der Waals surface area contributed by atoms with E-state index in [0.717, 1.165) is 17.0 Å². The Labute approximate surface area is 158 Å². The molecule has 138 valence electrons. The molecular weight excluding hydrogens is 342 g/mol. The Hall–Kier alpha value is -3.54. The maximum absolute atomic E-state index is 11.9. The second-order valence-electron chi connectivity index (χ2n) is 5.78. The summed E-state index contributed by atoms with van der Waals surface area (Å²) in [4.78, 5) is 16.2. The summed E-state index contributed by atoms with van der Waals surface area (Å²) in [5.74, 6) is 1.70. The molecule has 2 aromatic carbocycles. The first-order valence-corrected chi connectivity index (χ1v) is 8.53. The molecule has 27 heavy (non-hydrogen) atoms. The number of pyridine rings is 1. The third kappa shape index (κ3) is 5.74. The van der Waals surface area contributed by atoms with Gasteiger partial charge in [0.25, 0.3) is 5.91 Å². The SMILES string of the molecule is COc1ccc(CNc2ccc(NC(=O)COc3ccccc3)nc2)cc1. The van der Waals surface area contributed by atoms with Crippen molar-refractivity contribution in [2.24, 2.45) is 0 Å². The molecule has 3 rings (SSSR count). The van der Waals surface area contributed by atoms with Crippen molar-refractivity contribution in [2.75, 3.05) is 24.4 Å². The number of anilines is 2. The average molecular weight is 363 g/mol. The minimum Gasteiger partial charge on any atom is -0.497 e. The number of benzene rings is 2. The van der Waals surface area contributed by atoms with Crippen LogP contribution in [0.1, 0.15) is 5.56 Å². The number of methoxy groups -OCH3 is 1. The Kier molecular flexibility index (Phi) is 6.25. The van der Waals surface area contributed by atoms with Crippen LogP contribution in [0.5, 0.6) is 11.5 Å². The monoisotopic (exact) mass is 363 g/mol. The van der Waals surface area contributed by atoms with E-state index in [-0.39, 0.29) is 12.5 Å². The molecule has 2 N–H and O–H groups in total. The number of hydrogen-bond donors (Lipinski definition) is 2. The van der Waals surface area contributed by atoms with E-state index >= 15 is 0 Å². The van der Waals surface area contributed by atoms with Crippen LogP contribution in [0.4, 0.5) is 11.5 Å². The number of carbonyl (C=O) groups is 1. The van der Waals surface area contributed by atoms with Crippen molar-refractivity contribution >= 4 is 17.4 Å². The fourth-order valence-corrected chi connectivity index (χ4v) is 2.36. The fraction of sp³-hybridized carbons (Fsp3) is 0.143. The number of hydrogen-bond acceptors (Lipinski definition) is 5. The third-order valence-electron chi connectivity index (χ3n) is 3.80. The summed E-state index contributed by atoms with van der Waals surface area (Å²) >= 11 is 0. The van der Waals surface area contributed by atoms with Gasteiger partial charge in [-0.1, -0.05) is 30.3 Å². The number of nitrogens with one attached hydrogen (secondary N) is 2. The van der Waals surface area contributed by atoms with Gasteiger partial charge in [0.1, 0.15) is 17.3 Å². The molecule has 0 aliphatic rings. The molecule has 1 aromatic heterocycles. The summed E-state index contributed by atoms with van der Waals surface area (Å²) in [6.07, 6.45) is 1.68. The van der Waals surface area contributed by atoms with Crippen molar-refractivity contribution < 1.29 is 14.3 Å². The van der Waals surface area contributed by atoms with Crippen LogP contribution in [0, 0.1) is 0 Å². The Morgan fingerprint density at radius 3 is 2.41 bits per heavy atom. The standard InChI is InChI=1S/C21H21N3O3/c1-26-18-10-7-16(8-11-18)13-22-17-9-12-20(23-14-17)24-21(25)15-27-19-5-3-2-4-6-19/h2-12,14,22H,13,15H2,1H3,(H,23,24,25). The summed E-state index contributed by atoms with van der Waals surface area (Å²) in [6.45, 7) is 0.603. The van der Waals surface area contributed by atoms with Gasteiger partial charge in [0.2, 0.25) is 0 Å². The number of ether oxygens (including phenoxy) is 2. The third-order valence-corrected chi connectivity index (χ3v) is 3.80. The van der Waals surface area contributed by atoms with Crippen molar-refractivity contribution in [2.45, 2.75) is 6.54 Å². The number of rotatable bonds is 8. The van der Waals surface area contributed by atoms with Gasteiger partial charge in [0.05, 0.1) is 19.0 Å². The van der Waals surface area contributed by atoms with Gasteiger partial charge in [-0.05, 0) is 42.0 Å². The smallest absolute Gasteiger partial charge is 0.263 e. The van der Waals surface area contributed by atoms with E-state index in [1.165, 1.54) is 0 Å². The first-order valence-electron chi connectivity index (χ1n) is 8.53. The van der Waals surface area contributed by atoms with Crippen LogP contribution >= 0.6 is 0 Å². The van der Waals surface area contributed by atoms with Gasteiger partial charge in [0.15, 0.2) is 6.61 Å². The molecule has 0 unspecified atom stereocenters. The van der Waals surface area contributed by atoms with Gasteiger partial charge in [-0.25, -0.2) is 4.98 Å². The van der Waals surface area contributed by atoms with Crippen LogP contribution in [0.25, 0.3) is 0 Å². The number of para-hydroxylation sites is 1. The molecule has 0 fully saturated rings. The second-order valence-corrected chi connectivity index (χ2v) is 5.78. The van der Waals surface area contributed by atoms with Crippen LogP contribution in [0.3, 0.4) is 0 Å². The molecule has 6 nitrogen and oxygen atoms in total. The summed E-state index contributed by atoms with van der Waals surface area (Å²) in [5, 5.41) is 5.99. The van der Waals surface area contributed by atoms with E-state index < -0.39 is 0 Å². The van der Waals surface area contributed by atoms with Gasteiger partial charge in [-0.3, -0.25) is 4.79 Å². The lowest BCUT2D eigenvalue weighted by atomic mass is 10.2. The lowest BCUT2D eigenvalue weighted by molar-refractivity contribution is -0.118.